The highest BCUT2D eigenvalue weighted by atomic mass is 35.5. The molecule has 3 N–H and O–H groups in total. The molecule has 0 radical (unpaired) electrons. The molecule has 0 saturated heterocycles. The molecule has 1 aliphatic rings. The number of carbonyl (C=O) groups is 1. The highest BCUT2D eigenvalue weighted by Crippen LogP contribution is 2.21. The van der Waals surface area contributed by atoms with Crippen molar-refractivity contribution in [2.75, 3.05) is 30.0 Å². The molecule has 1 aliphatic heterocycles. The first-order valence-electron chi connectivity index (χ1n) is 8.31. The van der Waals surface area contributed by atoms with E-state index < -0.39 is 0 Å². The SMILES string of the molecule is CC1=NN(c2ccc(C(=O)Nc3ccc(OCCN)cc3)cc2)CC1.Cl. The highest BCUT2D eigenvalue weighted by molar-refractivity contribution is 6.04. The number of ether oxygens (including phenoxy) is 1. The first-order valence-corrected chi connectivity index (χ1v) is 8.31. The number of halogens is 1. The molecule has 2 aromatic rings. The van der Waals surface area contributed by atoms with Gasteiger partial charge in [0.1, 0.15) is 12.4 Å². The van der Waals surface area contributed by atoms with Crippen molar-refractivity contribution in [2.45, 2.75) is 13.3 Å². The van der Waals surface area contributed by atoms with Crippen LogP contribution in [0.15, 0.2) is 53.6 Å². The van der Waals surface area contributed by atoms with Crippen molar-refractivity contribution >= 4 is 35.4 Å². The van der Waals surface area contributed by atoms with Gasteiger partial charge in [0.05, 0.1) is 5.69 Å². The highest BCUT2D eigenvalue weighted by Gasteiger charge is 2.13. The van der Waals surface area contributed by atoms with Crippen LogP contribution in [0, 0.1) is 0 Å². The second-order valence-corrected chi connectivity index (χ2v) is 5.87. The van der Waals surface area contributed by atoms with Crippen LogP contribution in [-0.2, 0) is 0 Å². The van der Waals surface area contributed by atoms with Crippen molar-refractivity contribution in [3.05, 3.63) is 54.1 Å². The number of nitrogens with zero attached hydrogens (tertiary/aromatic N) is 2. The van der Waals surface area contributed by atoms with Crippen molar-refractivity contribution < 1.29 is 9.53 Å². The van der Waals surface area contributed by atoms with Gasteiger partial charge in [0.15, 0.2) is 0 Å². The number of rotatable bonds is 6. The van der Waals surface area contributed by atoms with Crippen LogP contribution in [-0.4, -0.2) is 31.3 Å². The molecule has 7 heteroatoms. The largest absolute Gasteiger partial charge is 0.492 e. The Bertz CT molecular complexity index is 760. The molecule has 2 aromatic carbocycles. The Kier molecular flexibility index (Phi) is 7.00. The van der Waals surface area contributed by atoms with E-state index >= 15 is 0 Å². The average molecular weight is 375 g/mol. The summed E-state index contributed by atoms with van der Waals surface area (Å²) in [5, 5.41) is 9.29. The molecule has 138 valence electrons. The summed E-state index contributed by atoms with van der Waals surface area (Å²) in [6, 6.07) is 14.7. The maximum atomic E-state index is 12.4. The summed E-state index contributed by atoms with van der Waals surface area (Å²) < 4.78 is 5.42. The normalized spacial score (nSPS) is 13.0. The Labute approximate surface area is 159 Å². The lowest BCUT2D eigenvalue weighted by Gasteiger charge is -2.14. The van der Waals surface area contributed by atoms with E-state index in [4.69, 9.17) is 10.5 Å². The predicted molar refractivity (Wildman–Crippen MR) is 108 cm³/mol. The first-order chi connectivity index (χ1) is 12.2. The summed E-state index contributed by atoms with van der Waals surface area (Å²) in [6.45, 7) is 3.85. The molecule has 6 nitrogen and oxygen atoms in total. The molecule has 0 spiro atoms. The summed E-state index contributed by atoms with van der Waals surface area (Å²) >= 11 is 0. The lowest BCUT2D eigenvalue weighted by molar-refractivity contribution is 0.102. The quantitative estimate of drug-likeness (QED) is 0.813. The summed E-state index contributed by atoms with van der Waals surface area (Å²) in [5.74, 6) is 0.581. The number of hydrazone groups is 1. The fourth-order valence-electron chi connectivity index (χ4n) is 2.56. The molecule has 0 aliphatic carbocycles. The molecule has 0 fully saturated rings. The minimum atomic E-state index is -0.150. The van der Waals surface area contributed by atoms with Crippen LogP contribution >= 0.6 is 12.4 Å². The number of benzene rings is 2. The smallest absolute Gasteiger partial charge is 0.255 e. The Morgan fingerprint density at radius 2 is 1.88 bits per heavy atom. The van der Waals surface area contributed by atoms with Crippen molar-refractivity contribution in [1.29, 1.82) is 0 Å². The third kappa shape index (κ3) is 4.97. The van der Waals surface area contributed by atoms with E-state index in [2.05, 4.69) is 10.4 Å². The Morgan fingerprint density at radius 3 is 2.46 bits per heavy atom. The van der Waals surface area contributed by atoms with E-state index in [0.717, 1.165) is 30.1 Å². The fourth-order valence-corrected chi connectivity index (χ4v) is 2.56. The molecular formula is C19H23ClN4O2. The second-order valence-electron chi connectivity index (χ2n) is 5.87. The Balaban J connectivity index is 0.00000243. The van der Waals surface area contributed by atoms with E-state index in [9.17, 15) is 4.79 Å². The number of hydrogen-bond donors (Lipinski definition) is 2. The zero-order valence-corrected chi connectivity index (χ0v) is 15.5. The van der Waals surface area contributed by atoms with Gasteiger partial charge in [0, 0.05) is 36.5 Å². The fraction of sp³-hybridized carbons (Fsp3) is 0.263. The van der Waals surface area contributed by atoms with Crippen molar-refractivity contribution in [3.8, 4) is 5.75 Å². The van der Waals surface area contributed by atoms with Crippen LogP contribution in [0.1, 0.15) is 23.7 Å². The number of amides is 1. The third-order valence-electron chi connectivity index (χ3n) is 3.90. The molecule has 1 heterocycles. The van der Waals surface area contributed by atoms with Crippen LogP contribution in [0.4, 0.5) is 11.4 Å². The van der Waals surface area contributed by atoms with Gasteiger partial charge < -0.3 is 15.8 Å². The van der Waals surface area contributed by atoms with Gasteiger partial charge >= 0.3 is 0 Å². The standard InChI is InChI=1S/C19H22N4O2.ClH/c1-14-10-12-23(22-14)17-6-2-15(3-7-17)19(24)21-16-4-8-18(9-5-16)25-13-11-20;/h2-9H,10-13,20H2,1H3,(H,21,24);1H. The topological polar surface area (TPSA) is 80.0 Å². The molecule has 0 unspecified atom stereocenters. The number of nitrogens with one attached hydrogen (secondary N) is 1. The molecule has 3 rings (SSSR count). The molecule has 0 saturated carbocycles. The monoisotopic (exact) mass is 374 g/mol. The lowest BCUT2D eigenvalue weighted by atomic mass is 10.2. The summed E-state index contributed by atoms with van der Waals surface area (Å²) in [6.07, 6.45) is 0.979. The van der Waals surface area contributed by atoms with E-state index in [1.807, 2.05) is 48.3 Å². The van der Waals surface area contributed by atoms with E-state index in [1.165, 1.54) is 0 Å². The van der Waals surface area contributed by atoms with Gasteiger partial charge in [-0.05, 0) is 55.5 Å². The van der Waals surface area contributed by atoms with E-state index in [0.29, 0.717) is 24.4 Å². The number of anilines is 2. The van der Waals surface area contributed by atoms with Gasteiger partial charge in [0.2, 0.25) is 0 Å². The molecule has 26 heavy (non-hydrogen) atoms. The van der Waals surface area contributed by atoms with Crippen LogP contribution in [0.3, 0.4) is 0 Å². The van der Waals surface area contributed by atoms with Gasteiger partial charge in [0.25, 0.3) is 5.91 Å². The van der Waals surface area contributed by atoms with E-state index in [-0.39, 0.29) is 18.3 Å². The third-order valence-corrected chi connectivity index (χ3v) is 3.90. The van der Waals surface area contributed by atoms with Gasteiger partial charge in [-0.1, -0.05) is 0 Å². The minimum Gasteiger partial charge on any atom is -0.492 e. The number of hydrogen-bond acceptors (Lipinski definition) is 5. The minimum absolute atomic E-state index is 0. The zero-order valence-electron chi connectivity index (χ0n) is 14.6. The Morgan fingerprint density at radius 1 is 1.19 bits per heavy atom. The summed E-state index contributed by atoms with van der Waals surface area (Å²) in [5.41, 5.74) is 8.84. The van der Waals surface area contributed by atoms with E-state index in [1.54, 1.807) is 12.1 Å². The first kappa shape index (κ1) is 19.8. The van der Waals surface area contributed by atoms with Crippen LogP contribution in [0.25, 0.3) is 0 Å². The van der Waals surface area contributed by atoms with Gasteiger partial charge in [-0.2, -0.15) is 5.10 Å². The average Bonchev–Trinajstić information content (AvgIpc) is 3.07. The van der Waals surface area contributed by atoms with Gasteiger partial charge in [-0.15, -0.1) is 12.4 Å². The van der Waals surface area contributed by atoms with Crippen LogP contribution in [0.5, 0.6) is 5.75 Å². The lowest BCUT2D eigenvalue weighted by Crippen LogP contribution is -2.14. The Hall–Kier alpha value is -2.57. The summed E-state index contributed by atoms with van der Waals surface area (Å²) in [4.78, 5) is 12.4. The molecular weight excluding hydrogens is 352 g/mol. The van der Waals surface area contributed by atoms with Crippen molar-refractivity contribution in [1.82, 2.24) is 0 Å². The van der Waals surface area contributed by atoms with Crippen LogP contribution in [0.2, 0.25) is 0 Å². The molecule has 0 atom stereocenters. The molecule has 1 amide bonds. The number of carbonyl (C=O) groups excluding carboxylic acids is 1. The molecule has 0 bridgehead atoms. The maximum Gasteiger partial charge on any atom is 0.255 e. The molecule has 0 aromatic heterocycles. The maximum absolute atomic E-state index is 12.4. The number of nitrogens with two attached hydrogens (primary N) is 1. The van der Waals surface area contributed by atoms with Crippen LogP contribution < -0.4 is 20.8 Å². The van der Waals surface area contributed by atoms with Gasteiger partial charge in [-0.25, -0.2) is 0 Å². The zero-order chi connectivity index (χ0) is 17.6. The summed E-state index contributed by atoms with van der Waals surface area (Å²) in [7, 11) is 0. The van der Waals surface area contributed by atoms with Crippen molar-refractivity contribution in [3.63, 3.8) is 0 Å². The van der Waals surface area contributed by atoms with Crippen molar-refractivity contribution in [2.24, 2.45) is 10.8 Å². The van der Waals surface area contributed by atoms with Gasteiger partial charge in [-0.3, -0.25) is 9.80 Å². The second kappa shape index (κ2) is 9.22. The predicted octanol–water partition coefficient (Wildman–Crippen LogP) is 3.28.